The Morgan fingerprint density at radius 2 is 1.95 bits per heavy atom. The van der Waals surface area contributed by atoms with Crippen LogP contribution in [0, 0.1) is 5.41 Å². The second-order valence-electron chi connectivity index (χ2n) is 8.48. The van der Waals surface area contributed by atoms with E-state index < -0.39 is 0 Å². The summed E-state index contributed by atoms with van der Waals surface area (Å²) in [4.78, 5) is 0. The van der Waals surface area contributed by atoms with Gasteiger partial charge in [0.25, 0.3) is 0 Å². The molecule has 1 heterocycles. The molecule has 0 spiro atoms. The summed E-state index contributed by atoms with van der Waals surface area (Å²) in [5.41, 5.74) is 2.96. The Labute approximate surface area is 135 Å². The van der Waals surface area contributed by atoms with Gasteiger partial charge in [0.2, 0.25) is 0 Å². The van der Waals surface area contributed by atoms with Gasteiger partial charge in [0.05, 0.1) is 5.69 Å². The SMILES string of the molecule is CC(Cc1ccc2c(c1)NCCO2)NC(C)(C)CC(C)(C)C. The molecule has 1 aromatic rings. The first-order valence-corrected chi connectivity index (χ1v) is 8.42. The number of ether oxygens (including phenoxy) is 1. The maximum Gasteiger partial charge on any atom is 0.142 e. The van der Waals surface area contributed by atoms with Crippen LogP contribution in [0.15, 0.2) is 18.2 Å². The first kappa shape index (κ1) is 17.1. The fourth-order valence-corrected chi connectivity index (χ4v) is 3.76. The molecule has 2 rings (SSSR count). The average Bonchev–Trinajstić information content (AvgIpc) is 2.34. The van der Waals surface area contributed by atoms with Gasteiger partial charge in [-0.2, -0.15) is 0 Å². The summed E-state index contributed by atoms with van der Waals surface area (Å²) in [6, 6.07) is 6.94. The number of anilines is 1. The second-order valence-corrected chi connectivity index (χ2v) is 8.48. The molecule has 1 aliphatic rings. The van der Waals surface area contributed by atoms with Gasteiger partial charge >= 0.3 is 0 Å². The van der Waals surface area contributed by atoms with Crippen LogP contribution >= 0.6 is 0 Å². The molecule has 0 saturated heterocycles. The second kappa shape index (κ2) is 6.49. The Hall–Kier alpha value is -1.22. The minimum atomic E-state index is 0.146. The highest BCUT2D eigenvalue weighted by Crippen LogP contribution is 2.29. The monoisotopic (exact) mass is 304 g/mol. The molecule has 1 atom stereocenters. The highest BCUT2D eigenvalue weighted by atomic mass is 16.5. The van der Waals surface area contributed by atoms with E-state index in [-0.39, 0.29) is 5.54 Å². The minimum Gasteiger partial charge on any atom is -0.490 e. The molecule has 1 aromatic carbocycles. The highest BCUT2D eigenvalue weighted by molar-refractivity contribution is 5.59. The fraction of sp³-hybridized carbons (Fsp3) is 0.684. The minimum absolute atomic E-state index is 0.146. The van der Waals surface area contributed by atoms with E-state index in [0.29, 0.717) is 11.5 Å². The third-order valence-electron chi connectivity index (χ3n) is 3.87. The molecule has 0 saturated carbocycles. The van der Waals surface area contributed by atoms with Gasteiger partial charge in [-0.25, -0.2) is 0 Å². The van der Waals surface area contributed by atoms with Crippen molar-refractivity contribution < 1.29 is 4.74 Å². The zero-order valence-corrected chi connectivity index (χ0v) is 15.0. The Kier molecular flexibility index (Phi) is 5.06. The first-order chi connectivity index (χ1) is 10.1. The Morgan fingerprint density at radius 3 is 2.64 bits per heavy atom. The molecule has 3 heteroatoms. The molecule has 3 nitrogen and oxygen atoms in total. The van der Waals surface area contributed by atoms with E-state index in [1.165, 1.54) is 5.56 Å². The molecule has 22 heavy (non-hydrogen) atoms. The zero-order chi connectivity index (χ0) is 16.4. The summed E-state index contributed by atoms with van der Waals surface area (Å²) < 4.78 is 5.64. The topological polar surface area (TPSA) is 33.3 Å². The average molecular weight is 304 g/mol. The maximum atomic E-state index is 5.64. The van der Waals surface area contributed by atoms with E-state index in [0.717, 1.165) is 37.4 Å². The van der Waals surface area contributed by atoms with Crippen molar-refractivity contribution in [1.82, 2.24) is 5.32 Å². The predicted octanol–water partition coefficient (Wildman–Crippen LogP) is 4.23. The summed E-state index contributed by atoms with van der Waals surface area (Å²) in [7, 11) is 0. The van der Waals surface area contributed by atoms with Gasteiger partial charge in [-0.1, -0.05) is 26.8 Å². The standard InChI is InChI=1S/C19H32N2O/c1-14(21-19(5,6)13-18(2,3)4)11-15-7-8-17-16(12-15)20-9-10-22-17/h7-8,12,14,20-21H,9-11,13H2,1-6H3. The first-order valence-electron chi connectivity index (χ1n) is 8.42. The van der Waals surface area contributed by atoms with Crippen LogP contribution in [0.4, 0.5) is 5.69 Å². The van der Waals surface area contributed by atoms with Crippen molar-refractivity contribution in [1.29, 1.82) is 0 Å². The van der Waals surface area contributed by atoms with Crippen molar-refractivity contribution >= 4 is 5.69 Å². The van der Waals surface area contributed by atoms with Crippen LogP contribution in [0.1, 0.15) is 53.5 Å². The lowest BCUT2D eigenvalue weighted by Crippen LogP contribution is -2.47. The van der Waals surface area contributed by atoms with Gasteiger partial charge in [0, 0.05) is 18.1 Å². The molecule has 0 amide bonds. The third-order valence-corrected chi connectivity index (χ3v) is 3.87. The lowest BCUT2D eigenvalue weighted by Gasteiger charge is -2.36. The number of hydrogen-bond acceptors (Lipinski definition) is 3. The number of benzene rings is 1. The molecule has 0 bridgehead atoms. The van der Waals surface area contributed by atoms with Gasteiger partial charge in [-0.3, -0.25) is 0 Å². The number of rotatable bonds is 5. The van der Waals surface area contributed by atoms with Crippen molar-refractivity contribution in [2.75, 3.05) is 18.5 Å². The van der Waals surface area contributed by atoms with Crippen LogP contribution in [0.5, 0.6) is 5.75 Å². The van der Waals surface area contributed by atoms with Gasteiger partial charge in [-0.15, -0.1) is 0 Å². The van der Waals surface area contributed by atoms with Crippen molar-refractivity contribution in [3.05, 3.63) is 23.8 Å². The normalized spacial score (nSPS) is 16.5. The molecule has 0 fully saturated rings. The van der Waals surface area contributed by atoms with E-state index >= 15 is 0 Å². The molecule has 0 aromatic heterocycles. The van der Waals surface area contributed by atoms with Crippen molar-refractivity contribution in [3.63, 3.8) is 0 Å². The highest BCUT2D eigenvalue weighted by Gasteiger charge is 2.26. The summed E-state index contributed by atoms with van der Waals surface area (Å²) in [5, 5.41) is 7.20. The van der Waals surface area contributed by atoms with Crippen molar-refractivity contribution in [3.8, 4) is 5.75 Å². The molecule has 124 valence electrons. The summed E-state index contributed by atoms with van der Waals surface area (Å²) in [6.45, 7) is 15.4. The van der Waals surface area contributed by atoms with Gasteiger partial charge in [0.1, 0.15) is 12.4 Å². The van der Waals surface area contributed by atoms with Gasteiger partial charge in [-0.05, 0) is 56.7 Å². The molecule has 1 unspecified atom stereocenters. The van der Waals surface area contributed by atoms with Crippen LogP contribution in [0.3, 0.4) is 0 Å². The summed E-state index contributed by atoms with van der Waals surface area (Å²) in [5.74, 6) is 0.976. The molecule has 2 N–H and O–H groups in total. The molecular formula is C19H32N2O. The van der Waals surface area contributed by atoms with Crippen molar-refractivity contribution in [2.45, 2.75) is 66.0 Å². The van der Waals surface area contributed by atoms with E-state index in [9.17, 15) is 0 Å². The summed E-state index contributed by atoms with van der Waals surface area (Å²) >= 11 is 0. The van der Waals surface area contributed by atoms with Crippen LogP contribution in [-0.4, -0.2) is 24.7 Å². The molecule has 0 radical (unpaired) electrons. The Bertz CT molecular complexity index is 503. The van der Waals surface area contributed by atoms with E-state index in [1.54, 1.807) is 0 Å². The van der Waals surface area contributed by atoms with Crippen LogP contribution in [0.25, 0.3) is 0 Å². The molecule has 0 aliphatic carbocycles. The van der Waals surface area contributed by atoms with E-state index in [2.05, 4.69) is 70.4 Å². The van der Waals surface area contributed by atoms with E-state index in [1.807, 2.05) is 0 Å². The third kappa shape index (κ3) is 5.20. The van der Waals surface area contributed by atoms with Crippen LogP contribution < -0.4 is 15.4 Å². The number of nitrogens with one attached hydrogen (secondary N) is 2. The number of hydrogen-bond donors (Lipinski definition) is 2. The van der Waals surface area contributed by atoms with E-state index in [4.69, 9.17) is 4.74 Å². The molecular weight excluding hydrogens is 272 g/mol. The van der Waals surface area contributed by atoms with Crippen LogP contribution in [-0.2, 0) is 6.42 Å². The Morgan fingerprint density at radius 1 is 1.23 bits per heavy atom. The quantitative estimate of drug-likeness (QED) is 0.854. The Balaban J connectivity index is 1.95. The largest absolute Gasteiger partial charge is 0.490 e. The summed E-state index contributed by atoms with van der Waals surface area (Å²) in [6.07, 6.45) is 2.19. The molecule has 1 aliphatic heterocycles. The lowest BCUT2D eigenvalue weighted by molar-refractivity contribution is 0.226. The maximum absolute atomic E-state index is 5.64. The van der Waals surface area contributed by atoms with Crippen molar-refractivity contribution in [2.24, 2.45) is 5.41 Å². The van der Waals surface area contributed by atoms with Gasteiger partial charge in [0.15, 0.2) is 0 Å². The van der Waals surface area contributed by atoms with Gasteiger partial charge < -0.3 is 15.4 Å². The van der Waals surface area contributed by atoms with Crippen LogP contribution in [0.2, 0.25) is 0 Å². The fourth-order valence-electron chi connectivity index (χ4n) is 3.76. The number of fused-ring (bicyclic) bond motifs is 1. The zero-order valence-electron chi connectivity index (χ0n) is 15.0. The lowest BCUT2D eigenvalue weighted by atomic mass is 9.81. The predicted molar refractivity (Wildman–Crippen MR) is 94.9 cm³/mol. The smallest absolute Gasteiger partial charge is 0.142 e.